The smallest absolute Gasteiger partial charge is 0.143 e. The first-order valence-electron chi connectivity index (χ1n) is 3.52. The molecule has 0 fully saturated rings. The highest BCUT2D eigenvalue weighted by Crippen LogP contribution is 2.30. The van der Waals surface area contributed by atoms with Crippen molar-refractivity contribution < 1.29 is 4.79 Å². The van der Waals surface area contributed by atoms with Gasteiger partial charge >= 0.3 is 0 Å². The summed E-state index contributed by atoms with van der Waals surface area (Å²) in [6.07, 6.45) is 0. The van der Waals surface area contributed by atoms with Crippen LogP contribution in [-0.4, -0.2) is 11.8 Å². The Morgan fingerprint density at radius 1 is 1.33 bits per heavy atom. The van der Waals surface area contributed by atoms with Gasteiger partial charge in [-0.05, 0) is 6.07 Å². The van der Waals surface area contributed by atoms with Gasteiger partial charge in [0.15, 0.2) is 0 Å². The second-order valence-corrected chi connectivity index (χ2v) is 2.49. The van der Waals surface area contributed by atoms with Crippen molar-refractivity contribution >= 4 is 23.0 Å². The zero-order valence-corrected chi connectivity index (χ0v) is 6.24. The summed E-state index contributed by atoms with van der Waals surface area (Å²) in [6.45, 7) is 0. The number of nitrogens with zero attached hydrogens (tertiary/aromatic N) is 1. The molecule has 2 N–H and O–H groups in total. The molecule has 1 aliphatic rings. The molecule has 0 saturated heterocycles. The monoisotopic (exact) mass is 158 g/mol. The molecule has 3 heteroatoms. The van der Waals surface area contributed by atoms with E-state index in [1.807, 2.05) is 18.2 Å². The van der Waals surface area contributed by atoms with Crippen LogP contribution >= 0.6 is 0 Å². The maximum Gasteiger partial charge on any atom is 0.143 e. The fourth-order valence-electron chi connectivity index (χ4n) is 1.21. The van der Waals surface area contributed by atoms with Gasteiger partial charge < -0.3 is 5.73 Å². The summed E-state index contributed by atoms with van der Waals surface area (Å²) in [7, 11) is 0. The Labute approximate surface area is 69.2 Å². The normalized spacial score (nSPS) is 13.7. The number of para-hydroxylation sites is 1. The first kappa shape index (κ1) is 6.83. The predicted octanol–water partition coefficient (Wildman–Crippen LogP) is 0.904. The highest BCUT2D eigenvalue weighted by atomic mass is 16.1. The molecule has 0 bridgehead atoms. The van der Waals surface area contributed by atoms with Gasteiger partial charge in [-0.2, -0.15) is 0 Å². The van der Waals surface area contributed by atoms with Gasteiger partial charge in [-0.15, -0.1) is 0 Å². The summed E-state index contributed by atoms with van der Waals surface area (Å²) < 4.78 is 0. The van der Waals surface area contributed by atoms with Crippen molar-refractivity contribution in [2.45, 2.75) is 0 Å². The number of benzene rings is 1. The maximum atomic E-state index is 10.5. The molecule has 0 spiro atoms. The number of nitrogens with two attached hydrogens (primary N) is 1. The van der Waals surface area contributed by atoms with Gasteiger partial charge in [0.2, 0.25) is 0 Å². The van der Waals surface area contributed by atoms with E-state index in [0.717, 1.165) is 11.3 Å². The molecule has 0 amide bonds. The molecular weight excluding hydrogens is 152 g/mol. The lowest BCUT2D eigenvalue weighted by Gasteiger charge is -1.93. The predicted molar refractivity (Wildman–Crippen MR) is 46.8 cm³/mol. The van der Waals surface area contributed by atoms with Gasteiger partial charge in [0.25, 0.3) is 0 Å². The van der Waals surface area contributed by atoms with Crippen LogP contribution in [0.4, 0.5) is 5.69 Å². The Bertz CT molecular complexity index is 414. The molecule has 2 rings (SSSR count). The third kappa shape index (κ3) is 0.775. The van der Waals surface area contributed by atoms with Crippen molar-refractivity contribution in [1.29, 1.82) is 0 Å². The van der Waals surface area contributed by atoms with Crippen LogP contribution in [0.15, 0.2) is 29.3 Å². The second kappa shape index (κ2) is 2.32. The minimum atomic E-state index is 0.256. The summed E-state index contributed by atoms with van der Waals surface area (Å²) >= 11 is 0. The highest BCUT2D eigenvalue weighted by molar-refractivity contribution is 6.33. The summed E-state index contributed by atoms with van der Waals surface area (Å²) in [5.41, 5.74) is 7.37. The average molecular weight is 158 g/mol. The quantitative estimate of drug-likeness (QED) is 0.570. The third-order valence-electron chi connectivity index (χ3n) is 1.77. The molecule has 58 valence electrons. The van der Waals surface area contributed by atoms with Gasteiger partial charge in [0.1, 0.15) is 17.4 Å². The van der Waals surface area contributed by atoms with Crippen LogP contribution in [0, 0.1) is 0 Å². The van der Waals surface area contributed by atoms with E-state index in [4.69, 9.17) is 5.73 Å². The topological polar surface area (TPSA) is 55.4 Å². The van der Waals surface area contributed by atoms with E-state index >= 15 is 0 Å². The number of rotatable bonds is 0. The zero-order valence-electron chi connectivity index (χ0n) is 6.24. The third-order valence-corrected chi connectivity index (χ3v) is 1.77. The molecule has 0 unspecified atom stereocenters. The molecule has 1 aliphatic heterocycles. The minimum Gasteiger partial charge on any atom is -0.383 e. The van der Waals surface area contributed by atoms with Crippen LogP contribution in [0.3, 0.4) is 0 Å². The van der Waals surface area contributed by atoms with E-state index in [-0.39, 0.29) is 5.84 Å². The van der Waals surface area contributed by atoms with Crippen molar-refractivity contribution in [2.24, 2.45) is 10.7 Å². The largest absolute Gasteiger partial charge is 0.383 e. The lowest BCUT2D eigenvalue weighted by Crippen LogP contribution is -2.09. The Kier molecular flexibility index (Phi) is 1.32. The number of aliphatic imine (C=N–C) groups is 1. The van der Waals surface area contributed by atoms with E-state index in [1.165, 1.54) is 0 Å². The summed E-state index contributed by atoms with van der Waals surface area (Å²) in [5.74, 6) is 2.04. The van der Waals surface area contributed by atoms with Crippen LogP contribution < -0.4 is 5.73 Å². The lowest BCUT2D eigenvalue weighted by atomic mass is 10.1. The molecule has 3 nitrogen and oxygen atoms in total. The van der Waals surface area contributed by atoms with Crippen LogP contribution in [0.2, 0.25) is 0 Å². The van der Waals surface area contributed by atoms with E-state index in [0.29, 0.717) is 5.57 Å². The van der Waals surface area contributed by atoms with E-state index in [1.54, 1.807) is 12.0 Å². The molecule has 1 heterocycles. The van der Waals surface area contributed by atoms with Gasteiger partial charge in [-0.25, -0.2) is 9.79 Å². The fraction of sp³-hybridized carbons (Fsp3) is 0. The zero-order chi connectivity index (χ0) is 8.55. The SMILES string of the molecule is NC1=Nc2ccccc2C1=C=O. The number of fused-ring (bicyclic) bond motifs is 1. The number of hydrogen-bond acceptors (Lipinski definition) is 3. The van der Waals surface area contributed by atoms with E-state index in [2.05, 4.69) is 4.99 Å². The minimum absolute atomic E-state index is 0.256. The summed E-state index contributed by atoms with van der Waals surface area (Å²) in [5, 5.41) is 0. The highest BCUT2D eigenvalue weighted by Gasteiger charge is 2.18. The molecule has 0 radical (unpaired) electrons. The average Bonchev–Trinajstić information content (AvgIpc) is 2.40. The lowest BCUT2D eigenvalue weighted by molar-refractivity contribution is 0.570. The van der Waals surface area contributed by atoms with Crippen molar-refractivity contribution in [3.8, 4) is 0 Å². The van der Waals surface area contributed by atoms with Gasteiger partial charge in [0, 0.05) is 5.56 Å². The second-order valence-electron chi connectivity index (χ2n) is 2.49. The Balaban J connectivity index is 2.73. The van der Waals surface area contributed by atoms with Crippen LogP contribution in [0.25, 0.3) is 5.57 Å². The van der Waals surface area contributed by atoms with Crippen LogP contribution in [-0.2, 0) is 4.79 Å². The van der Waals surface area contributed by atoms with Crippen molar-refractivity contribution in [2.75, 3.05) is 0 Å². The fourth-order valence-corrected chi connectivity index (χ4v) is 1.21. The van der Waals surface area contributed by atoms with Crippen molar-refractivity contribution in [3.05, 3.63) is 29.8 Å². The van der Waals surface area contributed by atoms with Crippen molar-refractivity contribution in [3.63, 3.8) is 0 Å². The van der Waals surface area contributed by atoms with Gasteiger partial charge in [-0.3, -0.25) is 0 Å². The molecule has 0 saturated carbocycles. The molecular formula is C9H6N2O. The maximum absolute atomic E-state index is 10.5. The molecule has 1 aromatic carbocycles. The summed E-state index contributed by atoms with van der Waals surface area (Å²) in [6, 6.07) is 7.30. The molecule has 0 aliphatic carbocycles. The first-order chi connectivity index (χ1) is 5.83. The Morgan fingerprint density at radius 2 is 2.08 bits per heavy atom. The molecule has 1 aromatic rings. The molecule has 0 aromatic heterocycles. The first-order valence-corrected chi connectivity index (χ1v) is 3.52. The number of amidine groups is 1. The number of carbonyl (C=O) groups excluding carboxylic acids is 1. The number of hydrogen-bond donors (Lipinski definition) is 1. The van der Waals surface area contributed by atoms with Gasteiger partial charge in [-0.1, -0.05) is 18.2 Å². The Hall–Kier alpha value is -1.86. The van der Waals surface area contributed by atoms with E-state index in [9.17, 15) is 4.79 Å². The Morgan fingerprint density at radius 3 is 2.83 bits per heavy atom. The van der Waals surface area contributed by atoms with E-state index < -0.39 is 0 Å². The standard InChI is InChI=1S/C9H6N2O/c10-9-7(5-12)6-3-1-2-4-8(6)11-9/h1-4H,(H2,10,11). The van der Waals surface area contributed by atoms with Crippen LogP contribution in [0.5, 0.6) is 0 Å². The molecule has 12 heavy (non-hydrogen) atoms. The van der Waals surface area contributed by atoms with Crippen molar-refractivity contribution in [1.82, 2.24) is 0 Å². The molecule has 0 atom stereocenters. The van der Waals surface area contributed by atoms with Gasteiger partial charge in [0.05, 0.1) is 5.69 Å². The summed E-state index contributed by atoms with van der Waals surface area (Å²) in [4.78, 5) is 14.5. The van der Waals surface area contributed by atoms with Crippen LogP contribution in [0.1, 0.15) is 5.56 Å².